The summed E-state index contributed by atoms with van der Waals surface area (Å²) in [4.78, 5) is 43.4. The highest BCUT2D eigenvalue weighted by Crippen LogP contribution is 2.47. The van der Waals surface area contributed by atoms with Gasteiger partial charge in [0, 0.05) is 37.9 Å². The molecule has 7 atom stereocenters. The molecule has 0 aromatic carbocycles. The maximum atomic E-state index is 12.3. The minimum atomic E-state index is -1.07. The number of nitrogens with two attached hydrogens (primary N) is 8. The van der Waals surface area contributed by atoms with Crippen molar-refractivity contribution in [2.75, 3.05) is 19.6 Å². The molecule has 0 aromatic heterocycles. The van der Waals surface area contributed by atoms with Crippen molar-refractivity contribution in [3.05, 3.63) is 0 Å². The van der Waals surface area contributed by atoms with Gasteiger partial charge >= 0.3 is 5.97 Å². The van der Waals surface area contributed by atoms with Crippen molar-refractivity contribution < 1.29 is 24.4 Å². The number of guanidine groups is 4. The molecule has 2 aliphatic rings. The Bertz CT molecular complexity index is 988. The Morgan fingerprint density at radius 1 is 0.707 bits per heavy atom. The SMILES string of the molecule is NC(N)=NCC1CCCC(C2CCC(CNC(=O)CCC(=O)O)C(ON=C(N)N)C2ON=C(N)N)C1CN=C(N)N. The number of nitrogens with one attached hydrogen (secondary N) is 1. The van der Waals surface area contributed by atoms with Crippen LogP contribution in [0.4, 0.5) is 0 Å². The van der Waals surface area contributed by atoms with E-state index in [1.807, 2.05) is 0 Å². The fourth-order valence-corrected chi connectivity index (χ4v) is 5.87. The van der Waals surface area contributed by atoms with Crippen molar-refractivity contribution in [1.29, 1.82) is 0 Å². The second-order valence-electron chi connectivity index (χ2n) is 10.4. The highest BCUT2D eigenvalue weighted by molar-refractivity contribution is 5.80. The smallest absolute Gasteiger partial charge is 0.303 e. The molecule has 18 heteroatoms. The molecule has 0 heterocycles. The number of carboxylic acids is 1. The summed E-state index contributed by atoms with van der Waals surface area (Å²) in [7, 11) is 0. The molecule has 2 aliphatic carbocycles. The van der Waals surface area contributed by atoms with E-state index in [1.165, 1.54) is 0 Å². The third kappa shape index (κ3) is 11.0. The molecular formula is C23H45N13O5. The molecule has 0 aromatic rings. The maximum absolute atomic E-state index is 12.3. The zero-order valence-corrected chi connectivity index (χ0v) is 23.1. The molecule has 2 rings (SSSR count). The van der Waals surface area contributed by atoms with Gasteiger partial charge < -0.3 is 66.0 Å². The molecule has 7 unspecified atom stereocenters. The third-order valence-electron chi connectivity index (χ3n) is 7.58. The van der Waals surface area contributed by atoms with E-state index in [0.29, 0.717) is 25.9 Å². The number of amides is 1. The molecule has 0 radical (unpaired) electrons. The quantitative estimate of drug-likeness (QED) is 0.0545. The van der Waals surface area contributed by atoms with Crippen LogP contribution in [0.15, 0.2) is 20.3 Å². The number of carbonyl (C=O) groups is 2. The van der Waals surface area contributed by atoms with E-state index in [4.69, 9.17) is 60.7 Å². The van der Waals surface area contributed by atoms with Crippen molar-refractivity contribution >= 4 is 35.7 Å². The van der Waals surface area contributed by atoms with Crippen LogP contribution in [0.5, 0.6) is 0 Å². The average molecular weight is 584 g/mol. The summed E-state index contributed by atoms with van der Waals surface area (Å²) in [6, 6.07) is 0. The Labute approximate surface area is 238 Å². The summed E-state index contributed by atoms with van der Waals surface area (Å²) < 4.78 is 0. The zero-order chi connectivity index (χ0) is 30.5. The van der Waals surface area contributed by atoms with Crippen LogP contribution in [-0.2, 0) is 19.3 Å². The number of hydrogen-bond acceptors (Lipinski definition) is 8. The average Bonchev–Trinajstić information content (AvgIpc) is 2.90. The van der Waals surface area contributed by atoms with E-state index in [9.17, 15) is 9.59 Å². The third-order valence-corrected chi connectivity index (χ3v) is 7.58. The first-order valence-corrected chi connectivity index (χ1v) is 13.5. The molecule has 18 nitrogen and oxygen atoms in total. The number of aliphatic carboxylic acids is 1. The molecule has 2 saturated carbocycles. The van der Waals surface area contributed by atoms with Crippen molar-refractivity contribution in [2.45, 2.75) is 57.2 Å². The van der Waals surface area contributed by atoms with Crippen LogP contribution in [0.2, 0.25) is 0 Å². The molecule has 0 bridgehead atoms. The van der Waals surface area contributed by atoms with E-state index >= 15 is 0 Å². The lowest BCUT2D eigenvalue weighted by atomic mass is 9.61. The monoisotopic (exact) mass is 583 g/mol. The molecule has 0 spiro atoms. The largest absolute Gasteiger partial charge is 0.481 e. The fraction of sp³-hybridized carbons (Fsp3) is 0.739. The molecule has 232 valence electrons. The van der Waals surface area contributed by atoms with Gasteiger partial charge in [-0.3, -0.25) is 19.6 Å². The van der Waals surface area contributed by atoms with Gasteiger partial charge in [-0.05, 0) is 53.7 Å². The lowest BCUT2D eigenvalue weighted by Gasteiger charge is -2.47. The molecule has 2 fully saturated rings. The van der Waals surface area contributed by atoms with E-state index in [0.717, 1.165) is 19.3 Å². The van der Waals surface area contributed by atoms with Crippen LogP contribution < -0.4 is 51.2 Å². The summed E-state index contributed by atoms with van der Waals surface area (Å²) in [5.74, 6) is -2.48. The van der Waals surface area contributed by atoms with Gasteiger partial charge in [-0.15, -0.1) is 0 Å². The van der Waals surface area contributed by atoms with Gasteiger partial charge in [0.1, 0.15) is 0 Å². The van der Waals surface area contributed by atoms with Gasteiger partial charge in [0.15, 0.2) is 24.1 Å². The topological polar surface area (TPSA) is 342 Å². The number of carbonyl (C=O) groups excluding carboxylic acids is 1. The highest BCUT2D eigenvalue weighted by Gasteiger charge is 2.50. The minimum Gasteiger partial charge on any atom is -0.481 e. The van der Waals surface area contributed by atoms with Crippen molar-refractivity contribution in [3.8, 4) is 0 Å². The molecule has 18 N–H and O–H groups in total. The number of nitrogens with zero attached hydrogens (tertiary/aromatic N) is 4. The van der Waals surface area contributed by atoms with Gasteiger partial charge in [0.2, 0.25) is 17.8 Å². The van der Waals surface area contributed by atoms with Gasteiger partial charge in [-0.25, -0.2) is 0 Å². The van der Waals surface area contributed by atoms with E-state index in [2.05, 4.69) is 25.6 Å². The zero-order valence-electron chi connectivity index (χ0n) is 23.1. The molecule has 1 amide bonds. The first kappa shape index (κ1) is 32.8. The van der Waals surface area contributed by atoms with Gasteiger partial charge in [-0.2, -0.15) is 0 Å². The fourth-order valence-electron chi connectivity index (χ4n) is 5.87. The molecule has 41 heavy (non-hydrogen) atoms. The van der Waals surface area contributed by atoms with Crippen LogP contribution >= 0.6 is 0 Å². The number of oxime groups is 2. The van der Waals surface area contributed by atoms with Crippen LogP contribution in [0.25, 0.3) is 0 Å². The van der Waals surface area contributed by atoms with Crippen molar-refractivity contribution in [3.63, 3.8) is 0 Å². The minimum absolute atomic E-state index is 0.00158. The normalized spacial score (nSPS) is 27.4. The second kappa shape index (κ2) is 16.0. The summed E-state index contributed by atoms with van der Waals surface area (Å²) in [6.07, 6.45) is 1.90. The lowest BCUT2D eigenvalue weighted by molar-refractivity contribution is -0.159. The van der Waals surface area contributed by atoms with Gasteiger partial charge in [0.25, 0.3) is 0 Å². The van der Waals surface area contributed by atoms with Crippen molar-refractivity contribution in [1.82, 2.24) is 5.32 Å². The van der Waals surface area contributed by atoms with Crippen LogP contribution in [0.1, 0.15) is 44.9 Å². The Kier molecular flexibility index (Phi) is 12.8. The van der Waals surface area contributed by atoms with E-state index < -0.39 is 24.1 Å². The highest BCUT2D eigenvalue weighted by atomic mass is 16.7. The predicted molar refractivity (Wildman–Crippen MR) is 153 cm³/mol. The number of hydrogen-bond donors (Lipinski definition) is 10. The Balaban J connectivity index is 2.41. The summed E-state index contributed by atoms with van der Waals surface area (Å²) in [5.41, 5.74) is 44.9. The van der Waals surface area contributed by atoms with Crippen molar-refractivity contribution in [2.24, 2.45) is 95.8 Å². The number of carboxylic acid groups (broad SMARTS) is 1. The van der Waals surface area contributed by atoms with E-state index in [1.54, 1.807) is 0 Å². The van der Waals surface area contributed by atoms with Crippen LogP contribution in [-0.4, -0.2) is 72.7 Å². The second-order valence-corrected chi connectivity index (χ2v) is 10.4. The predicted octanol–water partition coefficient (Wildman–Crippen LogP) is -3.28. The standard InChI is InChI=1S/C23H45N13O5/c24-20(25)33-8-11-2-1-3-13(15(11)10-34-21(26)27)14-5-4-12(9-32-16(37)6-7-17(38)39)18(40-35-22(28)29)19(14)41-36-23(30)31/h11-15,18-19H,1-10H2,(H,32,37)(H,38,39)(H4,24,25,33)(H4,26,27,34)(H4,28,29,35)(H4,30,31,36). The van der Waals surface area contributed by atoms with Gasteiger partial charge in [0.05, 0.1) is 6.42 Å². The Morgan fingerprint density at radius 3 is 1.90 bits per heavy atom. The number of rotatable bonds is 14. The molecule has 0 aliphatic heterocycles. The first-order chi connectivity index (χ1) is 19.4. The summed E-state index contributed by atoms with van der Waals surface area (Å²) >= 11 is 0. The Morgan fingerprint density at radius 2 is 1.32 bits per heavy atom. The number of aliphatic imine (C=N–C) groups is 2. The van der Waals surface area contributed by atoms with E-state index in [-0.39, 0.29) is 72.8 Å². The maximum Gasteiger partial charge on any atom is 0.303 e. The summed E-state index contributed by atoms with van der Waals surface area (Å²) in [5, 5.41) is 19.2. The molecule has 0 saturated heterocycles. The van der Waals surface area contributed by atoms with Crippen LogP contribution in [0, 0.1) is 29.6 Å². The first-order valence-electron chi connectivity index (χ1n) is 13.5. The Hall–Kier alpha value is -4.38. The lowest BCUT2D eigenvalue weighted by Crippen LogP contribution is -2.53. The van der Waals surface area contributed by atoms with Crippen LogP contribution in [0.3, 0.4) is 0 Å². The summed E-state index contributed by atoms with van der Waals surface area (Å²) in [6.45, 7) is 0.924. The molecular weight excluding hydrogens is 538 g/mol. The van der Waals surface area contributed by atoms with Gasteiger partial charge in [-0.1, -0.05) is 6.42 Å².